The molecule has 0 spiro atoms. The van der Waals surface area contributed by atoms with E-state index in [4.69, 9.17) is 0 Å². The van der Waals surface area contributed by atoms with Crippen LogP contribution in [0, 0.1) is 12.8 Å². The zero-order valence-electron chi connectivity index (χ0n) is 18.0. The van der Waals surface area contributed by atoms with Crippen LogP contribution in [0.15, 0.2) is 24.3 Å². The van der Waals surface area contributed by atoms with E-state index in [0.29, 0.717) is 23.2 Å². The van der Waals surface area contributed by atoms with Gasteiger partial charge < -0.3 is 16.0 Å². The number of hydrogen-bond acceptors (Lipinski definition) is 5. The van der Waals surface area contributed by atoms with Crippen LogP contribution in [0.5, 0.6) is 0 Å². The van der Waals surface area contributed by atoms with Crippen molar-refractivity contribution in [2.75, 3.05) is 18.4 Å². The highest BCUT2D eigenvalue weighted by molar-refractivity contribution is 7.19. The van der Waals surface area contributed by atoms with Crippen molar-refractivity contribution >= 4 is 34.3 Å². The number of hydrogen-bond donors (Lipinski definition) is 4. The first kappa shape index (κ1) is 23.3. The average molecular weight is 432 g/mol. The number of aromatic nitrogens is 1. The summed E-state index contributed by atoms with van der Waals surface area (Å²) in [6.45, 7) is 10.1. The molecule has 30 heavy (non-hydrogen) atoms. The summed E-state index contributed by atoms with van der Waals surface area (Å²) in [7, 11) is 0. The first-order valence-corrected chi connectivity index (χ1v) is 10.7. The van der Waals surface area contributed by atoms with Crippen LogP contribution >= 0.6 is 11.3 Å². The zero-order valence-corrected chi connectivity index (χ0v) is 18.8. The molecule has 1 aromatic carbocycles. The van der Waals surface area contributed by atoms with Gasteiger partial charge in [0.15, 0.2) is 5.13 Å². The van der Waals surface area contributed by atoms with Gasteiger partial charge in [-0.25, -0.2) is 9.78 Å². The second kappa shape index (κ2) is 10.7. The van der Waals surface area contributed by atoms with E-state index in [2.05, 4.69) is 26.3 Å². The van der Waals surface area contributed by atoms with Crippen molar-refractivity contribution in [3.05, 3.63) is 35.5 Å². The number of nitrogens with one attached hydrogen (secondary N) is 4. The molecule has 0 bridgehead atoms. The van der Waals surface area contributed by atoms with Gasteiger partial charge in [-0.15, -0.1) is 0 Å². The molecular formula is C21H29N5O3S. The lowest BCUT2D eigenvalue weighted by molar-refractivity contribution is -0.120. The molecule has 0 radical (unpaired) electrons. The van der Waals surface area contributed by atoms with Crippen LogP contribution in [-0.2, 0) is 4.79 Å². The maximum Gasteiger partial charge on any atom is 0.321 e. The SMILES string of the molecule is Cc1nc(NC(=O)NCC(=O)NCC(C)C)sc1-c1ccc(C(=O)NC(C)C)cc1. The molecule has 1 heterocycles. The van der Waals surface area contributed by atoms with Crippen LogP contribution in [-0.4, -0.2) is 42.0 Å². The minimum absolute atomic E-state index is 0.0713. The molecule has 2 aromatic rings. The predicted octanol–water partition coefficient (Wildman–Crippen LogP) is 3.15. The number of thiazole rings is 1. The number of amides is 4. The van der Waals surface area contributed by atoms with Crippen molar-refractivity contribution < 1.29 is 14.4 Å². The summed E-state index contributed by atoms with van der Waals surface area (Å²) < 4.78 is 0. The number of rotatable bonds is 8. The highest BCUT2D eigenvalue weighted by Gasteiger charge is 2.14. The van der Waals surface area contributed by atoms with Crippen LogP contribution in [0.4, 0.5) is 9.93 Å². The Bertz CT molecular complexity index is 891. The minimum Gasteiger partial charge on any atom is -0.354 e. The van der Waals surface area contributed by atoms with Crippen molar-refractivity contribution in [2.24, 2.45) is 5.92 Å². The molecule has 0 fully saturated rings. The van der Waals surface area contributed by atoms with Gasteiger partial charge in [-0.05, 0) is 44.4 Å². The average Bonchev–Trinajstić information content (AvgIpc) is 3.04. The largest absolute Gasteiger partial charge is 0.354 e. The topological polar surface area (TPSA) is 112 Å². The lowest BCUT2D eigenvalue weighted by atomic mass is 10.1. The second-order valence-electron chi connectivity index (χ2n) is 7.64. The van der Waals surface area contributed by atoms with E-state index in [1.165, 1.54) is 11.3 Å². The summed E-state index contributed by atoms with van der Waals surface area (Å²) in [5.74, 6) is -0.0105. The van der Waals surface area contributed by atoms with Crippen molar-refractivity contribution in [3.8, 4) is 10.4 Å². The molecule has 8 nitrogen and oxygen atoms in total. The van der Waals surface area contributed by atoms with Gasteiger partial charge in [0.1, 0.15) is 0 Å². The van der Waals surface area contributed by atoms with E-state index in [-0.39, 0.29) is 24.4 Å². The predicted molar refractivity (Wildman–Crippen MR) is 120 cm³/mol. The number of carbonyl (C=O) groups excluding carboxylic acids is 3. The summed E-state index contributed by atoms with van der Waals surface area (Å²) in [6.07, 6.45) is 0. The fraction of sp³-hybridized carbons (Fsp3) is 0.429. The lowest BCUT2D eigenvalue weighted by Crippen LogP contribution is -2.39. The number of anilines is 1. The molecule has 4 amide bonds. The van der Waals surface area contributed by atoms with Gasteiger partial charge >= 0.3 is 6.03 Å². The fourth-order valence-corrected chi connectivity index (χ4v) is 3.49. The van der Waals surface area contributed by atoms with Gasteiger partial charge in [-0.2, -0.15) is 0 Å². The van der Waals surface area contributed by atoms with Crippen LogP contribution in [0.3, 0.4) is 0 Å². The summed E-state index contributed by atoms with van der Waals surface area (Å²) in [6, 6.07) is 6.83. The van der Waals surface area contributed by atoms with Crippen molar-refractivity contribution in [3.63, 3.8) is 0 Å². The van der Waals surface area contributed by atoms with E-state index < -0.39 is 6.03 Å². The Balaban J connectivity index is 1.95. The third-order valence-corrected chi connectivity index (χ3v) is 5.09. The van der Waals surface area contributed by atoms with E-state index in [1.807, 2.05) is 46.8 Å². The molecular weight excluding hydrogens is 402 g/mol. The first-order chi connectivity index (χ1) is 14.2. The van der Waals surface area contributed by atoms with Gasteiger partial charge in [-0.3, -0.25) is 14.9 Å². The number of nitrogens with zero attached hydrogens (tertiary/aromatic N) is 1. The molecule has 2 rings (SSSR count). The Hall–Kier alpha value is -2.94. The molecule has 1 aromatic heterocycles. The molecule has 0 unspecified atom stereocenters. The molecule has 4 N–H and O–H groups in total. The normalized spacial score (nSPS) is 10.8. The summed E-state index contributed by atoms with van der Waals surface area (Å²) in [5.41, 5.74) is 2.26. The number of benzene rings is 1. The van der Waals surface area contributed by atoms with Crippen LogP contribution in [0.2, 0.25) is 0 Å². The highest BCUT2D eigenvalue weighted by Crippen LogP contribution is 2.32. The van der Waals surface area contributed by atoms with E-state index in [1.54, 1.807) is 12.1 Å². The van der Waals surface area contributed by atoms with Crippen LogP contribution in [0.1, 0.15) is 43.7 Å². The highest BCUT2D eigenvalue weighted by atomic mass is 32.1. The third kappa shape index (κ3) is 7.14. The monoisotopic (exact) mass is 431 g/mol. The Morgan fingerprint density at radius 1 is 1.03 bits per heavy atom. The summed E-state index contributed by atoms with van der Waals surface area (Å²) in [5, 5.41) is 11.2. The lowest BCUT2D eigenvalue weighted by Gasteiger charge is -2.08. The Morgan fingerprint density at radius 2 is 1.70 bits per heavy atom. The first-order valence-electron chi connectivity index (χ1n) is 9.86. The number of aryl methyl sites for hydroxylation is 1. The minimum atomic E-state index is -0.490. The second-order valence-corrected chi connectivity index (χ2v) is 8.64. The molecule has 162 valence electrons. The Kier molecular flexibility index (Phi) is 8.35. The van der Waals surface area contributed by atoms with E-state index in [9.17, 15) is 14.4 Å². The standard InChI is InChI=1S/C21H29N5O3S/c1-12(2)10-22-17(27)11-23-20(29)26-21-25-14(5)18(30-21)15-6-8-16(9-7-15)19(28)24-13(3)4/h6-9,12-13H,10-11H2,1-5H3,(H,22,27)(H,24,28)(H2,23,25,26,29). The number of carbonyl (C=O) groups is 3. The van der Waals surface area contributed by atoms with Gasteiger partial charge in [0.25, 0.3) is 5.91 Å². The summed E-state index contributed by atoms with van der Waals surface area (Å²) in [4.78, 5) is 41.1. The molecule has 0 saturated heterocycles. The quantitative estimate of drug-likeness (QED) is 0.514. The van der Waals surface area contributed by atoms with E-state index in [0.717, 1.165) is 16.1 Å². The van der Waals surface area contributed by atoms with E-state index >= 15 is 0 Å². The third-order valence-electron chi connectivity index (χ3n) is 3.96. The maximum absolute atomic E-state index is 12.1. The smallest absolute Gasteiger partial charge is 0.321 e. The van der Waals surface area contributed by atoms with Gasteiger partial charge in [-0.1, -0.05) is 37.3 Å². The van der Waals surface area contributed by atoms with Gasteiger partial charge in [0.2, 0.25) is 5.91 Å². The van der Waals surface area contributed by atoms with Crippen molar-refractivity contribution in [2.45, 2.75) is 40.7 Å². The molecule has 0 atom stereocenters. The van der Waals surface area contributed by atoms with Crippen LogP contribution < -0.4 is 21.3 Å². The molecule has 0 aliphatic carbocycles. The van der Waals surface area contributed by atoms with Crippen molar-refractivity contribution in [1.82, 2.24) is 20.9 Å². The van der Waals surface area contributed by atoms with Crippen molar-refractivity contribution in [1.29, 1.82) is 0 Å². The molecule has 0 aliphatic heterocycles. The van der Waals surface area contributed by atoms with Gasteiger partial charge in [0, 0.05) is 18.2 Å². The number of urea groups is 1. The molecule has 0 saturated carbocycles. The maximum atomic E-state index is 12.1. The Labute approximate surface area is 180 Å². The molecule has 0 aliphatic rings. The molecule has 9 heteroatoms. The van der Waals surface area contributed by atoms with Crippen LogP contribution in [0.25, 0.3) is 10.4 Å². The zero-order chi connectivity index (χ0) is 22.3. The van der Waals surface area contributed by atoms with Gasteiger partial charge in [0.05, 0.1) is 17.1 Å². The summed E-state index contributed by atoms with van der Waals surface area (Å²) >= 11 is 1.33. The Morgan fingerprint density at radius 3 is 2.30 bits per heavy atom. The fourth-order valence-electron chi connectivity index (χ4n) is 2.52.